The molecule has 0 atom stereocenters. The molecule has 1 aliphatic carbocycles. The summed E-state index contributed by atoms with van der Waals surface area (Å²) in [6.45, 7) is 6.02. The molecule has 3 nitrogen and oxygen atoms in total. The minimum atomic E-state index is 0. The summed E-state index contributed by atoms with van der Waals surface area (Å²) in [6.07, 6.45) is 4.71. The summed E-state index contributed by atoms with van der Waals surface area (Å²) < 4.78 is 0. The van der Waals surface area contributed by atoms with Gasteiger partial charge < -0.3 is 10.2 Å². The Labute approximate surface area is 104 Å². The van der Waals surface area contributed by atoms with Gasteiger partial charge in [-0.3, -0.25) is 4.79 Å². The number of amides is 1. The molecule has 1 saturated carbocycles. The Kier molecular flexibility index (Phi) is 5.56. The van der Waals surface area contributed by atoms with Gasteiger partial charge in [0.05, 0.1) is 0 Å². The van der Waals surface area contributed by atoms with Crippen LogP contribution in [0.4, 0.5) is 0 Å². The highest BCUT2D eigenvalue weighted by Crippen LogP contribution is 2.30. The van der Waals surface area contributed by atoms with Gasteiger partial charge in [0, 0.05) is 19.0 Å². The number of nitrogens with one attached hydrogen (secondary N) is 1. The lowest BCUT2D eigenvalue weighted by molar-refractivity contribution is -0.136. The molecule has 2 fully saturated rings. The second-order valence-electron chi connectivity index (χ2n) is 4.84. The highest BCUT2D eigenvalue weighted by atomic mass is 35.5. The molecule has 0 bridgehead atoms. The van der Waals surface area contributed by atoms with E-state index in [1.54, 1.807) is 0 Å². The zero-order chi connectivity index (χ0) is 10.7. The smallest absolute Gasteiger partial charge is 0.225 e. The zero-order valence-electron chi connectivity index (χ0n) is 10.1. The molecule has 2 rings (SSSR count). The number of hydrogen-bond acceptors (Lipinski definition) is 2. The van der Waals surface area contributed by atoms with Gasteiger partial charge in [-0.25, -0.2) is 0 Å². The normalized spacial score (nSPS) is 21.3. The van der Waals surface area contributed by atoms with Crippen molar-refractivity contribution in [2.45, 2.75) is 32.6 Å². The van der Waals surface area contributed by atoms with Crippen molar-refractivity contribution in [3.8, 4) is 0 Å². The third kappa shape index (κ3) is 3.63. The molecule has 1 amide bonds. The molecule has 0 spiro atoms. The van der Waals surface area contributed by atoms with E-state index < -0.39 is 0 Å². The quantitative estimate of drug-likeness (QED) is 0.819. The van der Waals surface area contributed by atoms with Crippen LogP contribution in [-0.2, 0) is 4.79 Å². The van der Waals surface area contributed by atoms with Crippen LogP contribution in [0.15, 0.2) is 0 Å². The van der Waals surface area contributed by atoms with Crippen molar-refractivity contribution < 1.29 is 4.79 Å². The summed E-state index contributed by atoms with van der Waals surface area (Å²) in [4.78, 5) is 14.3. The predicted octanol–water partition coefficient (Wildman–Crippen LogP) is 1.67. The Balaban J connectivity index is 0.00000128. The third-order valence-corrected chi connectivity index (χ3v) is 3.56. The summed E-state index contributed by atoms with van der Waals surface area (Å²) in [6, 6.07) is 0. The fraction of sp³-hybridized carbons (Fsp3) is 0.917. The van der Waals surface area contributed by atoms with Crippen LogP contribution in [0.1, 0.15) is 32.6 Å². The number of piperidine rings is 1. The van der Waals surface area contributed by atoms with Crippen molar-refractivity contribution in [2.75, 3.05) is 26.2 Å². The first-order valence-electron chi connectivity index (χ1n) is 6.30. The average molecular weight is 247 g/mol. The van der Waals surface area contributed by atoms with E-state index in [-0.39, 0.29) is 12.4 Å². The fourth-order valence-electron chi connectivity index (χ4n) is 2.31. The lowest BCUT2D eigenvalue weighted by Gasteiger charge is -2.28. The van der Waals surface area contributed by atoms with E-state index in [9.17, 15) is 4.79 Å². The van der Waals surface area contributed by atoms with Crippen LogP contribution in [0.3, 0.4) is 0 Å². The van der Waals surface area contributed by atoms with Crippen LogP contribution in [0.2, 0.25) is 0 Å². The number of halogens is 1. The second-order valence-corrected chi connectivity index (χ2v) is 4.84. The molecule has 4 heteroatoms. The average Bonchev–Trinajstić information content (AvgIpc) is 3.10. The first kappa shape index (κ1) is 13.8. The van der Waals surface area contributed by atoms with Gasteiger partial charge in [-0.15, -0.1) is 12.4 Å². The number of carbonyl (C=O) groups is 1. The van der Waals surface area contributed by atoms with Gasteiger partial charge in [0.15, 0.2) is 0 Å². The number of carbonyl (C=O) groups excluding carboxylic acids is 1. The Morgan fingerprint density at radius 1 is 1.25 bits per heavy atom. The van der Waals surface area contributed by atoms with Crippen LogP contribution >= 0.6 is 12.4 Å². The molecule has 1 heterocycles. The van der Waals surface area contributed by atoms with Gasteiger partial charge in [0.2, 0.25) is 5.91 Å². The molecule has 94 valence electrons. The first-order chi connectivity index (χ1) is 7.31. The van der Waals surface area contributed by atoms with E-state index in [4.69, 9.17) is 0 Å². The summed E-state index contributed by atoms with van der Waals surface area (Å²) in [7, 11) is 0. The molecule has 0 aromatic carbocycles. The molecule has 0 aromatic heterocycles. The van der Waals surface area contributed by atoms with Gasteiger partial charge in [-0.2, -0.15) is 0 Å². The molecule has 1 aliphatic heterocycles. The Bertz CT molecular complexity index is 225. The van der Waals surface area contributed by atoms with Crippen LogP contribution in [0.25, 0.3) is 0 Å². The summed E-state index contributed by atoms with van der Waals surface area (Å²) in [5.41, 5.74) is 0. The highest BCUT2D eigenvalue weighted by molar-refractivity contribution is 5.85. The Morgan fingerprint density at radius 3 is 2.38 bits per heavy atom. The van der Waals surface area contributed by atoms with Crippen LogP contribution in [0.5, 0.6) is 0 Å². The van der Waals surface area contributed by atoms with Crippen molar-refractivity contribution in [2.24, 2.45) is 11.8 Å². The lowest BCUT2D eigenvalue weighted by atomic mass is 9.96. The largest absolute Gasteiger partial charge is 0.342 e. The summed E-state index contributed by atoms with van der Waals surface area (Å²) >= 11 is 0. The molecular weight excluding hydrogens is 224 g/mol. The molecule has 0 radical (unpaired) electrons. The van der Waals surface area contributed by atoms with Crippen molar-refractivity contribution in [3.05, 3.63) is 0 Å². The van der Waals surface area contributed by atoms with Crippen molar-refractivity contribution in [1.82, 2.24) is 10.2 Å². The Morgan fingerprint density at radius 2 is 1.88 bits per heavy atom. The van der Waals surface area contributed by atoms with Gasteiger partial charge in [-0.1, -0.05) is 0 Å². The first-order valence-corrected chi connectivity index (χ1v) is 6.30. The van der Waals surface area contributed by atoms with E-state index in [2.05, 4.69) is 17.1 Å². The van der Waals surface area contributed by atoms with E-state index in [1.807, 2.05) is 0 Å². The van der Waals surface area contributed by atoms with Gasteiger partial charge >= 0.3 is 0 Å². The molecule has 16 heavy (non-hydrogen) atoms. The SMILES string of the molecule is CCN(CC1CC1)C(=O)C1CCNCC1.Cl. The molecule has 0 unspecified atom stereocenters. The minimum Gasteiger partial charge on any atom is -0.342 e. The minimum absolute atomic E-state index is 0. The van der Waals surface area contributed by atoms with Crippen molar-refractivity contribution in [3.63, 3.8) is 0 Å². The third-order valence-electron chi connectivity index (χ3n) is 3.56. The van der Waals surface area contributed by atoms with Gasteiger partial charge in [-0.05, 0) is 51.6 Å². The fourth-order valence-corrected chi connectivity index (χ4v) is 2.31. The lowest BCUT2D eigenvalue weighted by Crippen LogP contribution is -2.41. The number of rotatable bonds is 4. The summed E-state index contributed by atoms with van der Waals surface area (Å²) in [5, 5.41) is 3.31. The molecule has 0 aromatic rings. The number of hydrogen-bond donors (Lipinski definition) is 1. The van der Waals surface area contributed by atoms with E-state index in [1.165, 1.54) is 12.8 Å². The topological polar surface area (TPSA) is 32.3 Å². The summed E-state index contributed by atoms with van der Waals surface area (Å²) in [5.74, 6) is 1.52. The van der Waals surface area contributed by atoms with E-state index >= 15 is 0 Å². The van der Waals surface area contributed by atoms with E-state index in [0.717, 1.165) is 44.9 Å². The van der Waals surface area contributed by atoms with Gasteiger partial charge in [0.1, 0.15) is 0 Å². The zero-order valence-corrected chi connectivity index (χ0v) is 10.9. The van der Waals surface area contributed by atoms with Crippen LogP contribution in [0, 0.1) is 11.8 Å². The molecule has 2 aliphatic rings. The molecule has 1 saturated heterocycles. The van der Waals surface area contributed by atoms with Crippen LogP contribution < -0.4 is 5.32 Å². The maximum absolute atomic E-state index is 12.2. The van der Waals surface area contributed by atoms with Crippen molar-refractivity contribution in [1.29, 1.82) is 0 Å². The maximum Gasteiger partial charge on any atom is 0.225 e. The number of nitrogens with zero attached hydrogens (tertiary/aromatic N) is 1. The maximum atomic E-state index is 12.2. The standard InChI is InChI=1S/C12H22N2O.ClH/c1-2-14(9-10-3-4-10)12(15)11-5-7-13-8-6-11;/h10-11,13H,2-9H2,1H3;1H. The van der Waals surface area contributed by atoms with Crippen LogP contribution in [-0.4, -0.2) is 37.0 Å². The molecular formula is C12H23ClN2O. The Hall–Kier alpha value is -0.280. The highest BCUT2D eigenvalue weighted by Gasteiger charge is 2.29. The predicted molar refractivity (Wildman–Crippen MR) is 67.8 cm³/mol. The molecule has 1 N–H and O–H groups in total. The monoisotopic (exact) mass is 246 g/mol. The van der Waals surface area contributed by atoms with Gasteiger partial charge in [0.25, 0.3) is 0 Å². The van der Waals surface area contributed by atoms with E-state index in [0.29, 0.717) is 11.8 Å². The second kappa shape index (κ2) is 6.45. The van der Waals surface area contributed by atoms with Crippen molar-refractivity contribution >= 4 is 18.3 Å².